The number of carbonyl (C=O) groups is 4. The van der Waals surface area contributed by atoms with Crippen molar-refractivity contribution in [1.82, 2.24) is 28.9 Å². The summed E-state index contributed by atoms with van der Waals surface area (Å²) in [5.74, 6) is -3.75. The van der Waals surface area contributed by atoms with Crippen molar-refractivity contribution in [2.24, 2.45) is 10.6 Å². The van der Waals surface area contributed by atoms with Crippen LogP contribution in [0.25, 0.3) is 0 Å². The molecule has 2 unspecified atom stereocenters. The average Bonchev–Trinajstić information content (AvgIpc) is 3.48. The van der Waals surface area contributed by atoms with Crippen LogP contribution in [0.1, 0.15) is 16.4 Å². The quantitative estimate of drug-likeness (QED) is 0.129. The van der Waals surface area contributed by atoms with E-state index in [1.807, 2.05) is 0 Å². The Bertz CT molecular complexity index is 1220. The van der Waals surface area contributed by atoms with Crippen LogP contribution >= 0.6 is 46.6 Å². The van der Waals surface area contributed by atoms with Gasteiger partial charge in [0, 0.05) is 29.6 Å². The summed E-state index contributed by atoms with van der Waals surface area (Å²) in [4.78, 5) is 62.5. The predicted molar refractivity (Wildman–Crippen MR) is 125 cm³/mol. The van der Waals surface area contributed by atoms with Gasteiger partial charge in [-0.1, -0.05) is 16.9 Å². The van der Waals surface area contributed by atoms with E-state index in [0.717, 1.165) is 34.8 Å². The SMILES string of the molecule is CON=C(C(=O)NC1C(=O)N2CC(CSc3nc(C(=O)O)ns3)(C(=O)O)CS[C@H]12)c1nsc(N)n1. The molecule has 186 valence electrons. The molecule has 19 heteroatoms. The molecular formula is C16H16N8O7S4. The number of rotatable bonds is 9. The zero-order chi connectivity index (χ0) is 25.3. The Morgan fingerprint density at radius 2 is 2.03 bits per heavy atom. The third-order valence-electron chi connectivity index (χ3n) is 5.01. The summed E-state index contributed by atoms with van der Waals surface area (Å²) in [6, 6.07) is -0.897. The molecule has 15 nitrogen and oxygen atoms in total. The fourth-order valence-corrected chi connectivity index (χ4v) is 7.16. The molecule has 2 aliphatic heterocycles. The van der Waals surface area contributed by atoms with Crippen LogP contribution < -0.4 is 11.1 Å². The van der Waals surface area contributed by atoms with E-state index in [9.17, 15) is 24.3 Å². The second-order valence-electron chi connectivity index (χ2n) is 7.26. The van der Waals surface area contributed by atoms with Gasteiger partial charge in [0.25, 0.3) is 11.7 Å². The van der Waals surface area contributed by atoms with Gasteiger partial charge in [-0.2, -0.15) is 13.7 Å². The van der Waals surface area contributed by atoms with Gasteiger partial charge < -0.3 is 31.0 Å². The molecule has 0 saturated carbocycles. The third kappa shape index (κ3) is 4.88. The Kier molecular flexibility index (Phi) is 7.10. The molecule has 2 amide bonds. The zero-order valence-corrected chi connectivity index (χ0v) is 20.9. The minimum atomic E-state index is -1.30. The number of nitrogen functional groups attached to an aromatic ring is 1. The van der Waals surface area contributed by atoms with Gasteiger partial charge in [0.05, 0.1) is 0 Å². The maximum absolute atomic E-state index is 12.8. The number of anilines is 1. The van der Waals surface area contributed by atoms with Gasteiger partial charge in [0.2, 0.25) is 17.4 Å². The van der Waals surface area contributed by atoms with Crippen molar-refractivity contribution < 1.29 is 34.2 Å². The lowest BCUT2D eigenvalue weighted by atomic mass is 9.89. The number of amides is 2. The van der Waals surface area contributed by atoms with Gasteiger partial charge >= 0.3 is 11.9 Å². The lowest BCUT2D eigenvalue weighted by Gasteiger charge is -2.53. The number of carbonyl (C=O) groups excluding carboxylic acids is 2. The molecule has 0 aromatic carbocycles. The summed E-state index contributed by atoms with van der Waals surface area (Å²) in [5.41, 5.74) is 4.01. The summed E-state index contributed by atoms with van der Waals surface area (Å²) in [6.07, 6.45) is 0. The smallest absolute Gasteiger partial charge is 0.375 e. The Labute approximate surface area is 212 Å². The van der Waals surface area contributed by atoms with Crippen molar-refractivity contribution in [3.8, 4) is 0 Å². The highest BCUT2D eigenvalue weighted by Gasteiger charge is 2.57. The normalized spacial score (nSPS) is 23.9. The lowest BCUT2D eigenvalue weighted by Crippen LogP contribution is -2.74. The van der Waals surface area contributed by atoms with Crippen LogP contribution in [0.2, 0.25) is 0 Å². The molecule has 0 aliphatic carbocycles. The fraction of sp³-hybridized carbons (Fsp3) is 0.438. The van der Waals surface area contributed by atoms with Crippen molar-refractivity contribution in [2.45, 2.75) is 15.8 Å². The van der Waals surface area contributed by atoms with E-state index in [0.29, 0.717) is 4.34 Å². The first-order valence-electron chi connectivity index (χ1n) is 9.52. The van der Waals surface area contributed by atoms with Crippen molar-refractivity contribution >= 4 is 81.2 Å². The van der Waals surface area contributed by atoms with Crippen molar-refractivity contribution in [2.75, 3.05) is 30.9 Å². The van der Waals surface area contributed by atoms with Crippen LogP contribution in [0.3, 0.4) is 0 Å². The van der Waals surface area contributed by atoms with Crippen LogP contribution in [0, 0.1) is 5.41 Å². The first-order valence-corrected chi connectivity index (χ1v) is 13.1. The number of nitrogens with two attached hydrogens (primary N) is 1. The molecule has 2 aliphatic rings. The van der Waals surface area contributed by atoms with Gasteiger partial charge in [0.1, 0.15) is 23.9 Å². The molecule has 0 radical (unpaired) electrons. The number of aromatic carboxylic acids is 1. The Morgan fingerprint density at radius 3 is 2.63 bits per heavy atom. The average molecular weight is 561 g/mol. The zero-order valence-electron chi connectivity index (χ0n) is 17.6. The molecule has 0 bridgehead atoms. The second kappa shape index (κ2) is 9.91. The molecule has 2 aromatic heterocycles. The van der Waals surface area contributed by atoms with Crippen molar-refractivity contribution in [1.29, 1.82) is 0 Å². The summed E-state index contributed by atoms with van der Waals surface area (Å²) in [5, 5.41) is 24.7. The molecule has 2 saturated heterocycles. The minimum absolute atomic E-state index is 0.0450. The monoisotopic (exact) mass is 560 g/mol. The summed E-state index contributed by atoms with van der Waals surface area (Å²) in [7, 11) is 1.24. The number of thioether (sulfide) groups is 2. The molecule has 35 heavy (non-hydrogen) atoms. The van der Waals surface area contributed by atoms with Gasteiger partial charge in [-0.3, -0.25) is 14.4 Å². The van der Waals surface area contributed by atoms with E-state index in [-0.39, 0.29) is 40.5 Å². The molecule has 0 spiro atoms. The van der Waals surface area contributed by atoms with Crippen LogP contribution in [0.4, 0.5) is 5.13 Å². The highest BCUT2D eigenvalue weighted by Crippen LogP contribution is 2.44. The molecule has 2 fully saturated rings. The number of β-lactam (4-membered cyclic amide) rings is 1. The number of aliphatic carboxylic acids is 1. The van der Waals surface area contributed by atoms with E-state index in [4.69, 9.17) is 10.8 Å². The lowest BCUT2D eigenvalue weighted by molar-refractivity contribution is -0.157. The van der Waals surface area contributed by atoms with Crippen LogP contribution in [-0.4, -0.2) is 99.9 Å². The highest BCUT2D eigenvalue weighted by molar-refractivity contribution is 8.01. The summed E-state index contributed by atoms with van der Waals surface area (Å²) in [6.45, 7) is -0.0774. The van der Waals surface area contributed by atoms with E-state index in [2.05, 4.69) is 34.0 Å². The summed E-state index contributed by atoms with van der Waals surface area (Å²) < 4.78 is 7.95. The van der Waals surface area contributed by atoms with E-state index >= 15 is 0 Å². The van der Waals surface area contributed by atoms with Crippen molar-refractivity contribution in [3.63, 3.8) is 0 Å². The van der Waals surface area contributed by atoms with Gasteiger partial charge in [-0.05, 0) is 11.5 Å². The number of aromatic nitrogens is 4. The fourth-order valence-electron chi connectivity index (χ4n) is 3.28. The Hall–Kier alpha value is -3.03. The molecule has 4 rings (SSSR count). The van der Waals surface area contributed by atoms with Crippen LogP contribution in [-0.2, 0) is 19.2 Å². The molecule has 4 heterocycles. The van der Waals surface area contributed by atoms with Crippen molar-refractivity contribution in [3.05, 3.63) is 11.6 Å². The molecule has 2 aromatic rings. The Balaban J connectivity index is 1.41. The van der Waals surface area contributed by atoms with Crippen LogP contribution in [0.5, 0.6) is 0 Å². The summed E-state index contributed by atoms with van der Waals surface area (Å²) >= 11 is 4.02. The topological polar surface area (TPSA) is 223 Å². The molecular weight excluding hydrogens is 544 g/mol. The first-order chi connectivity index (χ1) is 16.6. The highest BCUT2D eigenvalue weighted by atomic mass is 32.2. The minimum Gasteiger partial charge on any atom is -0.481 e. The largest absolute Gasteiger partial charge is 0.481 e. The first kappa shape index (κ1) is 25.1. The second-order valence-corrected chi connectivity index (χ2v) is 11.1. The number of fused-ring (bicyclic) bond motifs is 1. The number of carboxylic acids is 2. The maximum atomic E-state index is 12.8. The standard InChI is InChI=1S/C16H16N8O7S4/c1-31-21-5(7-19-14(17)34-22-7)9(25)18-6-10(26)24-2-16(13(29)30,3-32-11(6)24)4-33-15-20-8(12(27)28)23-35-15/h6,11H,2-4H2,1H3,(H,18,25)(H,27,28)(H,29,30)(H2,17,19,22)/t6?,11-,16?/m1/s1. The number of nitrogens with zero attached hydrogens (tertiary/aromatic N) is 6. The molecule has 5 N–H and O–H groups in total. The maximum Gasteiger partial charge on any atom is 0.375 e. The number of hydrogen-bond donors (Lipinski definition) is 4. The molecule has 3 atom stereocenters. The number of carboxylic acid groups (broad SMARTS) is 2. The predicted octanol–water partition coefficient (Wildman–Crippen LogP) is -0.716. The van der Waals surface area contributed by atoms with E-state index in [1.165, 1.54) is 23.8 Å². The van der Waals surface area contributed by atoms with Crippen LogP contribution in [0.15, 0.2) is 9.50 Å². The third-order valence-corrected chi connectivity index (χ3v) is 9.26. The van der Waals surface area contributed by atoms with E-state index in [1.54, 1.807) is 0 Å². The Morgan fingerprint density at radius 1 is 1.29 bits per heavy atom. The number of hydrogen-bond acceptors (Lipinski definition) is 15. The number of nitrogens with one attached hydrogen (secondary N) is 1. The van der Waals surface area contributed by atoms with Gasteiger partial charge in [-0.15, -0.1) is 11.8 Å². The van der Waals surface area contributed by atoms with Gasteiger partial charge in [0.15, 0.2) is 9.47 Å². The van der Waals surface area contributed by atoms with E-state index < -0.39 is 40.6 Å². The number of oxime groups is 1. The van der Waals surface area contributed by atoms with Gasteiger partial charge in [-0.25, -0.2) is 9.78 Å².